The predicted molar refractivity (Wildman–Crippen MR) is 79.1 cm³/mol. The molecule has 1 aromatic rings. The smallest absolute Gasteiger partial charge is 0.236 e. The Hall–Kier alpha value is -1.39. The Morgan fingerprint density at radius 3 is 2.75 bits per heavy atom. The van der Waals surface area contributed by atoms with Crippen molar-refractivity contribution in [2.75, 3.05) is 26.7 Å². The molecule has 1 fully saturated rings. The lowest BCUT2D eigenvalue weighted by atomic mass is 9.96. The molecule has 0 aromatic heterocycles. The first-order valence-corrected chi connectivity index (χ1v) is 7.24. The summed E-state index contributed by atoms with van der Waals surface area (Å²) in [6.07, 6.45) is 0.646. The van der Waals surface area contributed by atoms with E-state index < -0.39 is 0 Å². The van der Waals surface area contributed by atoms with Crippen LogP contribution in [-0.2, 0) is 11.3 Å². The second-order valence-corrected chi connectivity index (χ2v) is 5.80. The molecule has 4 heteroatoms. The van der Waals surface area contributed by atoms with Crippen LogP contribution in [0.2, 0.25) is 0 Å². The number of carbonyl (C=O) groups is 1. The summed E-state index contributed by atoms with van der Waals surface area (Å²) in [5.74, 6) is 0.444. The van der Waals surface area contributed by atoms with Crippen LogP contribution >= 0.6 is 0 Å². The number of amides is 1. The Labute approximate surface area is 121 Å². The maximum atomic E-state index is 12.2. The zero-order valence-electron chi connectivity index (χ0n) is 12.3. The van der Waals surface area contributed by atoms with Crippen LogP contribution in [0, 0.1) is 5.92 Å². The molecule has 1 amide bonds. The maximum absolute atomic E-state index is 12.2. The summed E-state index contributed by atoms with van der Waals surface area (Å²) in [5.41, 5.74) is 1.13. The van der Waals surface area contributed by atoms with E-state index in [4.69, 9.17) is 0 Å². The molecular weight excluding hydrogens is 252 g/mol. The molecule has 1 saturated heterocycles. The van der Waals surface area contributed by atoms with Crippen LogP contribution in [0.4, 0.5) is 0 Å². The van der Waals surface area contributed by atoms with Gasteiger partial charge in [-0.15, -0.1) is 0 Å². The molecule has 2 atom stereocenters. The second kappa shape index (κ2) is 6.86. The van der Waals surface area contributed by atoms with E-state index in [1.807, 2.05) is 37.4 Å². The standard InChI is InChI=1S/C16H24N2O2/c1-13-8-9-18(11-15(13)19)12-16(20)17(2)10-14-6-4-3-5-7-14/h3-7,13,15,19H,8-12H2,1-2H3. The van der Waals surface area contributed by atoms with Crippen LogP contribution in [0.5, 0.6) is 0 Å². The van der Waals surface area contributed by atoms with Crippen molar-refractivity contribution < 1.29 is 9.90 Å². The Kier molecular flexibility index (Phi) is 5.15. The number of carbonyl (C=O) groups excluding carboxylic acids is 1. The van der Waals surface area contributed by atoms with Crippen molar-refractivity contribution in [3.8, 4) is 0 Å². The molecule has 0 saturated carbocycles. The molecule has 110 valence electrons. The SMILES string of the molecule is CC1CCN(CC(=O)N(C)Cc2ccccc2)CC1O. The number of aliphatic hydroxyl groups is 1. The molecule has 2 unspecified atom stereocenters. The minimum Gasteiger partial charge on any atom is -0.392 e. The second-order valence-electron chi connectivity index (χ2n) is 5.80. The Morgan fingerprint density at radius 1 is 1.40 bits per heavy atom. The fraction of sp³-hybridized carbons (Fsp3) is 0.562. The van der Waals surface area contributed by atoms with Gasteiger partial charge in [-0.1, -0.05) is 37.3 Å². The first-order chi connectivity index (χ1) is 9.56. The molecule has 0 radical (unpaired) electrons. The van der Waals surface area contributed by atoms with Crippen molar-refractivity contribution in [1.29, 1.82) is 0 Å². The van der Waals surface area contributed by atoms with Crippen LogP contribution in [-0.4, -0.2) is 53.6 Å². The molecule has 0 spiro atoms. The van der Waals surface area contributed by atoms with E-state index in [1.165, 1.54) is 0 Å². The van der Waals surface area contributed by atoms with Gasteiger partial charge in [0.15, 0.2) is 0 Å². The zero-order valence-corrected chi connectivity index (χ0v) is 12.3. The fourth-order valence-corrected chi connectivity index (χ4v) is 2.52. The number of likely N-dealkylation sites (tertiary alicyclic amines) is 1. The highest BCUT2D eigenvalue weighted by atomic mass is 16.3. The minimum atomic E-state index is -0.309. The van der Waals surface area contributed by atoms with Gasteiger partial charge in [0.05, 0.1) is 12.6 Å². The topological polar surface area (TPSA) is 43.8 Å². The van der Waals surface area contributed by atoms with Crippen molar-refractivity contribution in [2.45, 2.75) is 26.0 Å². The molecule has 1 aliphatic rings. The average Bonchev–Trinajstić information content (AvgIpc) is 2.44. The predicted octanol–water partition coefficient (Wildman–Crippen LogP) is 1.35. The molecule has 4 nitrogen and oxygen atoms in total. The normalized spacial score (nSPS) is 23.6. The number of benzene rings is 1. The molecule has 1 N–H and O–H groups in total. The summed E-state index contributed by atoms with van der Waals surface area (Å²) in [4.78, 5) is 16.0. The summed E-state index contributed by atoms with van der Waals surface area (Å²) < 4.78 is 0. The minimum absolute atomic E-state index is 0.107. The number of nitrogens with zero attached hydrogens (tertiary/aromatic N) is 2. The van der Waals surface area contributed by atoms with Gasteiger partial charge < -0.3 is 10.0 Å². The van der Waals surface area contributed by atoms with E-state index in [0.717, 1.165) is 18.5 Å². The lowest BCUT2D eigenvalue weighted by Crippen LogP contribution is -2.47. The molecule has 0 aliphatic carbocycles. The largest absolute Gasteiger partial charge is 0.392 e. The van der Waals surface area contributed by atoms with Crippen LogP contribution in [0.15, 0.2) is 30.3 Å². The highest BCUT2D eigenvalue weighted by Gasteiger charge is 2.26. The number of β-amino-alcohol motifs (C(OH)–C–C–N with tert-alkyl or cyclic N) is 1. The van der Waals surface area contributed by atoms with Gasteiger partial charge in [0, 0.05) is 20.1 Å². The van der Waals surface area contributed by atoms with E-state index >= 15 is 0 Å². The van der Waals surface area contributed by atoms with Crippen molar-refractivity contribution in [3.63, 3.8) is 0 Å². The lowest BCUT2D eigenvalue weighted by Gasteiger charge is -2.34. The Bertz CT molecular complexity index is 435. The van der Waals surface area contributed by atoms with Crippen LogP contribution < -0.4 is 0 Å². The van der Waals surface area contributed by atoms with Crippen molar-refractivity contribution in [3.05, 3.63) is 35.9 Å². The van der Waals surface area contributed by atoms with Gasteiger partial charge in [-0.2, -0.15) is 0 Å². The summed E-state index contributed by atoms with van der Waals surface area (Å²) in [5, 5.41) is 9.87. The van der Waals surface area contributed by atoms with Crippen molar-refractivity contribution in [1.82, 2.24) is 9.80 Å². The maximum Gasteiger partial charge on any atom is 0.236 e. The molecular formula is C16H24N2O2. The molecule has 1 aliphatic heterocycles. The lowest BCUT2D eigenvalue weighted by molar-refractivity contribution is -0.132. The van der Waals surface area contributed by atoms with Gasteiger partial charge in [-0.25, -0.2) is 0 Å². The molecule has 1 heterocycles. The van der Waals surface area contributed by atoms with Gasteiger partial charge in [0.25, 0.3) is 0 Å². The van der Waals surface area contributed by atoms with Gasteiger partial charge >= 0.3 is 0 Å². The number of hydrogen-bond donors (Lipinski definition) is 1. The average molecular weight is 276 g/mol. The third kappa shape index (κ3) is 4.05. The van der Waals surface area contributed by atoms with Crippen molar-refractivity contribution in [2.24, 2.45) is 5.92 Å². The quantitative estimate of drug-likeness (QED) is 0.903. The van der Waals surface area contributed by atoms with E-state index in [0.29, 0.717) is 25.6 Å². The monoisotopic (exact) mass is 276 g/mol. The molecule has 2 rings (SSSR count). The highest BCUT2D eigenvalue weighted by Crippen LogP contribution is 2.16. The van der Waals surface area contributed by atoms with Gasteiger partial charge in [0.1, 0.15) is 0 Å². The van der Waals surface area contributed by atoms with E-state index in [-0.39, 0.29) is 12.0 Å². The van der Waals surface area contributed by atoms with Crippen molar-refractivity contribution >= 4 is 5.91 Å². The fourth-order valence-electron chi connectivity index (χ4n) is 2.52. The first-order valence-electron chi connectivity index (χ1n) is 7.24. The summed E-state index contributed by atoms with van der Waals surface area (Å²) in [7, 11) is 1.83. The van der Waals surface area contributed by atoms with E-state index in [1.54, 1.807) is 4.90 Å². The number of piperidine rings is 1. The first kappa shape index (κ1) is 15.0. The third-order valence-corrected chi connectivity index (χ3v) is 4.05. The number of hydrogen-bond acceptors (Lipinski definition) is 3. The van der Waals surface area contributed by atoms with E-state index in [9.17, 15) is 9.90 Å². The van der Waals surface area contributed by atoms with Gasteiger partial charge in [-0.3, -0.25) is 9.69 Å². The van der Waals surface area contributed by atoms with Crippen LogP contribution in [0.3, 0.4) is 0 Å². The number of rotatable bonds is 4. The Balaban J connectivity index is 1.82. The number of likely N-dealkylation sites (N-methyl/N-ethyl adjacent to an activating group) is 1. The highest BCUT2D eigenvalue weighted by molar-refractivity contribution is 5.78. The zero-order chi connectivity index (χ0) is 14.5. The van der Waals surface area contributed by atoms with Gasteiger partial charge in [-0.05, 0) is 24.4 Å². The van der Waals surface area contributed by atoms with E-state index in [2.05, 4.69) is 11.8 Å². The van der Waals surface area contributed by atoms with Gasteiger partial charge in [0.2, 0.25) is 5.91 Å². The number of aliphatic hydroxyl groups excluding tert-OH is 1. The molecule has 20 heavy (non-hydrogen) atoms. The van der Waals surface area contributed by atoms with Crippen LogP contribution in [0.1, 0.15) is 18.9 Å². The molecule has 0 bridgehead atoms. The summed E-state index contributed by atoms with van der Waals surface area (Å²) in [6.45, 7) is 4.58. The Morgan fingerprint density at radius 2 is 2.10 bits per heavy atom. The summed E-state index contributed by atoms with van der Waals surface area (Å²) >= 11 is 0. The molecule has 1 aromatic carbocycles. The third-order valence-electron chi connectivity index (χ3n) is 4.05. The summed E-state index contributed by atoms with van der Waals surface area (Å²) in [6, 6.07) is 9.99. The van der Waals surface area contributed by atoms with Crippen LogP contribution in [0.25, 0.3) is 0 Å².